The number of amides is 1. The average Bonchev–Trinajstić information content (AvgIpc) is 2.90. The van der Waals surface area contributed by atoms with E-state index in [0.717, 1.165) is 16.8 Å². The van der Waals surface area contributed by atoms with Crippen LogP contribution in [0.25, 0.3) is 0 Å². The Hall–Kier alpha value is -1.96. The van der Waals surface area contributed by atoms with Crippen molar-refractivity contribution >= 4 is 14.2 Å². The van der Waals surface area contributed by atoms with Crippen LogP contribution in [0.15, 0.2) is 21.9 Å². The van der Waals surface area contributed by atoms with Gasteiger partial charge in [0.1, 0.15) is 12.2 Å². The van der Waals surface area contributed by atoms with E-state index in [2.05, 4.69) is 0 Å². The fourth-order valence-electron chi connectivity index (χ4n) is 2.80. The van der Waals surface area contributed by atoms with Crippen LogP contribution in [-0.4, -0.2) is 59.9 Å². The third-order valence-corrected chi connectivity index (χ3v) is 9.92. The van der Waals surface area contributed by atoms with Crippen LogP contribution in [0.2, 0.25) is 18.1 Å². The summed E-state index contributed by atoms with van der Waals surface area (Å²) >= 11 is 0. The quantitative estimate of drug-likeness (QED) is 0.569. The van der Waals surface area contributed by atoms with E-state index in [0.29, 0.717) is 0 Å². The Bertz CT molecular complexity index is 892. The molecule has 1 aromatic rings. The van der Waals surface area contributed by atoms with Crippen molar-refractivity contribution in [3.05, 3.63) is 33.1 Å². The van der Waals surface area contributed by atoms with E-state index >= 15 is 0 Å². The number of ether oxygens (including phenoxy) is 1. The van der Waals surface area contributed by atoms with Gasteiger partial charge >= 0.3 is 17.8 Å². The highest BCUT2D eigenvalue weighted by molar-refractivity contribution is 6.74. The normalized spacial score (nSPS) is 25.4. The highest BCUT2D eigenvalue weighted by atomic mass is 28.4. The predicted octanol–water partition coefficient (Wildman–Crippen LogP) is 0.864. The molecule has 1 fully saturated rings. The number of aliphatic hydroxyl groups excluding tert-OH is 1. The van der Waals surface area contributed by atoms with Gasteiger partial charge in [0.2, 0.25) is 0 Å². The van der Waals surface area contributed by atoms with Crippen LogP contribution in [0, 0.1) is 0 Å². The molecule has 30 heavy (non-hydrogen) atoms. The van der Waals surface area contributed by atoms with Crippen molar-refractivity contribution in [3.63, 3.8) is 0 Å². The number of alkyl halides is 3. The summed E-state index contributed by atoms with van der Waals surface area (Å²) in [6.07, 6.45) is -7.81. The lowest BCUT2D eigenvalue weighted by atomic mass is 10.1. The Morgan fingerprint density at radius 3 is 2.40 bits per heavy atom. The lowest BCUT2D eigenvalue weighted by Crippen LogP contribution is -2.56. The second kappa shape index (κ2) is 8.28. The Morgan fingerprint density at radius 1 is 1.33 bits per heavy atom. The van der Waals surface area contributed by atoms with Gasteiger partial charge in [0, 0.05) is 12.3 Å². The lowest BCUT2D eigenvalue weighted by molar-refractivity contribution is -0.175. The van der Waals surface area contributed by atoms with Crippen molar-refractivity contribution in [3.8, 4) is 0 Å². The summed E-state index contributed by atoms with van der Waals surface area (Å²) in [5.74, 6) is -2.21. The summed E-state index contributed by atoms with van der Waals surface area (Å²) < 4.78 is 51.4. The third kappa shape index (κ3) is 5.02. The number of hydrogen-bond acceptors (Lipinski definition) is 6. The minimum atomic E-state index is -5.16. The molecule has 0 aromatic carbocycles. The van der Waals surface area contributed by atoms with Crippen molar-refractivity contribution in [2.45, 2.75) is 69.6 Å². The molecule has 3 N–H and O–H groups in total. The Morgan fingerprint density at radius 2 is 1.93 bits per heavy atom. The number of carbonyl (C=O) groups excluding carboxylic acids is 1. The van der Waals surface area contributed by atoms with Crippen molar-refractivity contribution in [1.82, 2.24) is 14.9 Å². The summed E-state index contributed by atoms with van der Waals surface area (Å²) in [5.41, 5.74) is -1.53. The smallest absolute Gasteiger partial charge is 0.407 e. The SMILES string of the molecule is CC(C)(C)[Si](C)(C)O[C@@H]1[C@H](NC(=O)C(F)(F)F)[C@@H](CO)O[C@H]1n1ccc(=O)[nH]c1=O. The highest BCUT2D eigenvalue weighted by Crippen LogP contribution is 2.41. The molecule has 1 aliphatic heterocycles. The molecule has 9 nitrogen and oxygen atoms in total. The van der Waals surface area contributed by atoms with Crippen LogP contribution >= 0.6 is 0 Å². The number of aliphatic hydroxyl groups is 1. The van der Waals surface area contributed by atoms with Crippen molar-refractivity contribution < 1.29 is 32.2 Å². The topological polar surface area (TPSA) is 123 Å². The minimum Gasteiger partial charge on any atom is -0.407 e. The zero-order valence-electron chi connectivity index (χ0n) is 17.2. The van der Waals surface area contributed by atoms with Gasteiger partial charge in [-0.15, -0.1) is 0 Å². The molecule has 2 rings (SSSR count). The maximum atomic E-state index is 12.9. The molecule has 1 aromatic heterocycles. The average molecular weight is 453 g/mol. The van der Waals surface area contributed by atoms with Gasteiger partial charge in [-0.1, -0.05) is 20.8 Å². The number of nitrogens with zero attached hydrogens (tertiary/aromatic N) is 1. The molecule has 4 atom stereocenters. The van der Waals surface area contributed by atoms with E-state index in [-0.39, 0.29) is 5.04 Å². The van der Waals surface area contributed by atoms with E-state index in [1.54, 1.807) is 0 Å². The van der Waals surface area contributed by atoms with E-state index in [1.165, 1.54) is 0 Å². The number of hydrogen-bond donors (Lipinski definition) is 3. The zero-order chi connectivity index (χ0) is 23.1. The van der Waals surface area contributed by atoms with E-state index in [9.17, 15) is 32.7 Å². The summed E-state index contributed by atoms with van der Waals surface area (Å²) in [6, 6.07) is -0.342. The van der Waals surface area contributed by atoms with Gasteiger partial charge < -0.3 is 19.6 Å². The van der Waals surface area contributed by atoms with Crippen LogP contribution in [0.5, 0.6) is 0 Å². The number of carbonyl (C=O) groups is 1. The fraction of sp³-hybridized carbons (Fsp3) is 0.706. The second-order valence-corrected chi connectivity index (χ2v) is 13.4. The summed E-state index contributed by atoms with van der Waals surface area (Å²) in [6.45, 7) is 8.67. The van der Waals surface area contributed by atoms with E-state index in [1.807, 2.05) is 44.2 Å². The van der Waals surface area contributed by atoms with Gasteiger partial charge in [0.15, 0.2) is 14.5 Å². The van der Waals surface area contributed by atoms with Gasteiger partial charge in [-0.05, 0) is 18.1 Å². The molecule has 0 unspecified atom stereocenters. The van der Waals surface area contributed by atoms with Gasteiger partial charge in [0.25, 0.3) is 5.56 Å². The number of aromatic nitrogens is 2. The molecule has 13 heteroatoms. The first-order valence-corrected chi connectivity index (χ1v) is 12.1. The maximum absolute atomic E-state index is 12.9. The van der Waals surface area contributed by atoms with Crippen molar-refractivity contribution in [2.24, 2.45) is 0 Å². The van der Waals surface area contributed by atoms with Gasteiger partial charge in [-0.2, -0.15) is 13.2 Å². The summed E-state index contributed by atoms with van der Waals surface area (Å²) in [5, 5.41) is 11.1. The monoisotopic (exact) mass is 453 g/mol. The summed E-state index contributed by atoms with van der Waals surface area (Å²) in [4.78, 5) is 37.3. The van der Waals surface area contributed by atoms with Crippen LogP contribution in [0.4, 0.5) is 13.2 Å². The Labute approximate surface area is 171 Å². The molecule has 0 radical (unpaired) electrons. The Balaban J connectivity index is 2.53. The van der Waals surface area contributed by atoms with Crippen molar-refractivity contribution in [2.75, 3.05) is 6.61 Å². The number of H-pyrrole nitrogens is 1. The predicted molar refractivity (Wildman–Crippen MR) is 102 cm³/mol. The van der Waals surface area contributed by atoms with E-state index in [4.69, 9.17) is 9.16 Å². The lowest BCUT2D eigenvalue weighted by Gasteiger charge is -2.40. The molecule has 0 saturated carbocycles. The second-order valence-electron chi connectivity index (χ2n) is 8.60. The number of aromatic amines is 1. The molecule has 1 saturated heterocycles. The van der Waals surface area contributed by atoms with Crippen molar-refractivity contribution in [1.29, 1.82) is 0 Å². The fourth-order valence-corrected chi connectivity index (χ4v) is 4.09. The zero-order valence-corrected chi connectivity index (χ0v) is 18.2. The molecule has 2 heterocycles. The first-order valence-electron chi connectivity index (χ1n) is 9.22. The maximum Gasteiger partial charge on any atom is 0.471 e. The number of nitrogens with one attached hydrogen (secondary N) is 2. The largest absolute Gasteiger partial charge is 0.471 e. The third-order valence-electron chi connectivity index (χ3n) is 5.45. The van der Waals surface area contributed by atoms with Gasteiger partial charge in [0.05, 0.1) is 12.6 Å². The first-order chi connectivity index (χ1) is 13.6. The Kier molecular flexibility index (Phi) is 6.71. The van der Waals surface area contributed by atoms with Crippen LogP contribution in [0.3, 0.4) is 0 Å². The minimum absolute atomic E-state index is 0.358. The van der Waals surface area contributed by atoms with Crippen LogP contribution in [-0.2, 0) is 14.0 Å². The molecule has 1 aliphatic rings. The molecular formula is C17H26F3N3O6Si. The highest BCUT2D eigenvalue weighted by Gasteiger charge is 2.53. The van der Waals surface area contributed by atoms with Gasteiger partial charge in [-0.3, -0.25) is 19.1 Å². The summed E-state index contributed by atoms with van der Waals surface area (Å²) in [7, 11) is -2.64. The molecule has 0 spiro atoms. The van der Waals surface area contributed by atoms with E-state index < -0.39 is 62.7 Å². The number of halogens is 3. The van der Waals surface area contributed by atoms with Crippen LogP contribution < -0.4 is 16.6 Å². The standard InChI is InChI=1S/C17H26F3N3O6Si/c1-16(2,3)30(4,5)29-12-11(22-14(26)17(18,19)20)9(8-24)28-13(12)23-7-6-10(25)21-15(23)27/h6-7,9,11-13,24H,8H2,1-5H3,(H,22,26)(H,21,25,27)/t9-,11-,12-,13-/m1/s1. The number of rotatable bonds is 5. The molecular weight excluding hydrogens is 427 g/mol. The molecule has 0 bridgehead atoms. The molecule has 0 aliphatic carbocycles. The molecule has 170 valence electrons. The molecule has 1 amide bonds. The van der Waals surface area contributed by atoms with Gasteiger partial charge in [-0.25, -0.2) is 4.79 Å². The van der Waals surface area contributed by atoms with Crippen LogP contribution in [0.1, 0.15) is 27.0 Å². The first kappa shape index (κ1) is 24.3.